The molecule has 0 unspecified atom stereocenters. The lowest BCUT2D eigenvalue weighted by Gasteiger charge is -2.18. The standard InChI is InChI=1S/C20H21N7/c1-16-8-10-18(11-9-16)27-20(22-23-24-27)25(2)15-19-21-12-13-26(19)14-17-6-4-3-5-7-17/h3-13H,14-15H2,1-2H3. The molecule has 2 aromatic carbocycles. The van der Waals surface area contributed by atoms with Crippen molar-refractivity contribution in [3.05, 3.63) is 83.9 Å². The Bertz CT molecular complexity index is 1000. The Morgan fingerprint density at radius 3 is 2.56 bits per heavy atom. The van der Waals surface area contributed by atoms with Crippen molar-refractivity contribution >= 4 is 5.95 Å². The summed E-state index contributed by atoms with van der Waals surface area (Å²) in [6.07, 6.45) is 3.83. The molecule has 0 N–H and O–H groups in total. The number of rotatable bonds is 6. The van der Waals surface area contributed by atoms with Gasteiger partial charge in [0.2, 0.25) is 0 Å². The van der Waals surface area contributed by atoms with Gasteiger partial charge in [-0.2, -0.15) is 4.68 Å². The third-order valence-electron chi connectivity index (χ3n) is 4.45. The van der Waals surface area contributed by atoms with Gasteiger partial charge in [0.1, 0.15) is 5.82 Å². The van der Waals surface area contributed by atoms with E-state index < -0.39 is 0 Å². The van der Waals surface area contributed by atoms with Gasteiger partial charge in [-0.1, -0.05) is 53.1 Å². The van der Waals surface area contributed by atoms with Crippen LogP contribution in [-0.2, 0) is 13.1 Å². The molecule has 0 saturated heterocycles. The molecular formula is C20H21N7. The van der Waals surface area contributed by atoms with Gasteiger partial charge >= 0.3 is 0 Å². The lowest BCUT2D eigenvalue weighted by molar-refractivity contribution is 0.692. The van der Waals surface area contributed by atoms with Crippen LogP contribution in [0.1, 0.15) is 17.0 Å². The lowest BCUT2D eigenvalue weighted by atomic mass is 10.2. The first-order valence-corrected chi connectivity index (χ1v) is 8.81. The molecule has 0 aliphatic heterocycles. The number of benzene rings is 2. The highest BCUT2D eigenvalue weighted by Gasteiger charge is 2.15. The molecular weight excluding hydrogens is 338 g/mol. The third kappa shape index (κ3) is 3.72. The number of aryl methyl sites for hydroxylation is 1. The molecule has 0 spiro atoms. The summed E-state index contributed by atoms with van der Waals surface area (Å²) in [4.78, 5) is 6.52. The second-order valence-electron chi connectivity index (χ2n) is 6.54. The van der Waals surface area contributed by atoms with Gasteiger partial charge in [0.05, 0.1) is 12.2 Å². The second kappa shape index (κ2) is 7.41. The van der Waals surface area contributed by atoms with Crippen LogP contribution in [0.15, 0.2) is 67.0 Å². The molecule has 7 nitrogen and oxygen atoms in total. The molecule has 27 heavy (non-hydrogen) atoms. The highest BCUT2D eigenvalue weighted by atomic mass is 15.6. The molecule has 0 bridgehead atoms. The summed E-state index contributed by atoms with van der Waals surface area (Å²) in [6, 6.07) is 18.5. The Morgan fingerprint density at radius 2 is 1.78 bits per heavy atom. The summed E-state index contributed by atoms with van der Waals surface area (Å²) in [6.45, 7) is 3.45. The van der Waals surface area contributed by atoms with Gasteiger partial charge in [0.15, 0.2) is 0 Å². The molecule has 0 radical (unpaired) electrons. The minimum atomic E-state index is 0.603. The van der Waals surface area contributed by atoms with Crippen molar-refractivity contribution in [1.82, 2.24) is 29.8 Å². The van der Waals surface area contributed by atoms with Crippen molar-refractivity contribution in [2.45, 2.75) is 20.0 Å². The number of tetrazole rings is 1. The molecule has 7 heteroatoms. The molecule has 2 heterocycles. The van der Waals surface area contributed by atoms with Gasteiger partial charge < -0.3 is 9.47 Å². The Morgan fingerprint density at radius 1 is 1.00 bits per heavy atom. The Kier molecular flexibility index (Phi) is 4.65. The Labute approximate surface area is 157 Å². The van der Waals surface area contributed by atoms with E-state index in [-0.39, 0.29) is 0 Å². The predicted octanol–water partition coefficient (Wildman–Crippen LogP) is 2.85. The Hall–Kier alpha value is -3.48. The zero-order valence-electron chi connectivity index (χ0n) is 15.4. The van der Waals surface area contributed by atoms with Crippen LogP contribution in [0, 0.1) is 6.92 Å². The molecule has 4 aromatic rings. The first-order chi connectivity index (χ1) is 13.2. The van der Waals surface area contributed by atoms with Crippen LogP contribution in [-0.4, -0.2) is 36.8 Å². The number of nitrogens with zero attached hydrogens (tertiary/aromatic N) is 7. The van der Waals surface area contributed by atoms with Gasteiger partial charge in [0.25, 0.3) is 5.95 Å². The summed E-state index contributed by atoms with van der Waals surface area (Å²) in [5, 5.41) is 12.2. The molecule has 0 aliphatic rings. The van der Waals surface area contributed by atoms with Crippen molar-refractivity contribution in [1.29, 1.82) is 0 Å². The number of aromatic nitrogens is 6. The van der Waals surface area contributed by atoms with Crippen LogP contribution in [0.3, 0.4) is 0 Å². The fraction of sp³-hybridized carbons (Fsp3) is 0.200. The molecule has 0 amide bonds. The average molecular weight is 359 g/mol. The van der Waals surface area contributed by atoms with E-state index in [0.29, 0.717) is 12.5 Å². The second-order valence-corrected chi connectivity index (χ2v) is 6.54. The maximum Gasteiger partial charge on any atom is 0.250 e. The van der Waals surface area contributed by atoms with E-state index in [9.17, 15) is 0 Å². The fourth-order valence-corrected chi connectivity index (χ4v) is 2.97. The molecule has 4 rings (SSSR count). The van der Waals surface area contributed by atoms with Crippen LogP contribution < -0.4 is 4.90 Å². The molecule has 0 fully saturated rings. The molecule has 136 valence electrons. The molecule has 0 saturated carbocycles. The van der Waals surface area contributed by atoms with Crippen molar-refractivity contribution < 1.29 is 0 Å². The van der Waals surface area contributed by atoms with E-state index in [1.54, 1.807) is 4.68 Å². The van der Waals surface area contributed by atoms with E-state index in [2.05, 4.69) is 44.1 Å². The number of hydrogen-bond donors (Lipinski definition) is 0. The van der Waals surface area contributed by atoms with Gasteiger partial charge in [-0.15, -0.1) is 0 Å². The summed E-state index contributed by atoms with van der Waals surface area (Å²) in [5.74, 6) is 1.63. The summed E-state index contributed by atoms with van der Waals surface area (Å²) in [7, 11) is 1.97. The third-order valence-corrected chi connectivity index (χ3v) is 4.45. The van der Waals surface area contributed by atoms with E-state index in [1.807, 2.05) is 66.8 Å². The van der Waals surface area contributed by atoms with Crippen molar-refractivity contribution in [2.75, 3.05) is 11.9 Å². The zero-order chi connectivity index (χ0) is 18.6. The quantitative estimate of drug-likeness (QED) is 0.530. The van der Waals surface area contributed by atoms with Gasteiger partial charge in [0, 0.05) is 26.0 Å². The highest BCUT2D eigenvalue weighted by Crippen LogP contribution is 2.17. The van der Waals surface area contributed by atoms with E-state index in [4.69, 9.17) is 0 Å². The van der Waals surface area contributed by atoms with Crippen LogP contribution in [0.25, 0.3) is 5.69 Å². The SMILES string of the molecule is Cc1ccc(-n2nnnc2N(C)Cc2nccn2Cc2ccccc2)cc1. The topological polar surface area (TPSA) is 64.7 Å². The van der Waals surface area contributed by atoms with Crippen LogP contribution >= 0.6 is 0 Å². The van der Waals surface area contributed by atoms with Crippen LogP contribution in [0.4, 0.5) is 5.95 Å². The minimum absolute atomic E-state index is 0.603. The van der Waals surface area contributed by atoms with E-state index in [1.165, 1.54) is 11.1 Å². The van der Waals surface area contributed by atoms with Crippen molar-refractivity contribution in [3.8, 4) is 5.69 Å². The maximum atomic E-state index is 4.52. The molecule has 0 aliphatic carbocycles. The predicted molar refractivity (Wildman–Crippen MR) is 104 cm³/mol. The van der Waals surface area contributed by atoms with Crippen LogP contribution in [0.2, 0.25) is 0 Å². The van der Waals surface area contributed by atoms with Gasteiger partial charge in [-0.25, -0.2) is 4.98 Å². The number of anilines is 1. The van der Waals surface area contributed by atoms with Crippen molar-refractivity contribution in [3.63, 3.8) is 0 Å². The van der Waals surface area contributed by atoms with E-state index in [0.717, 1.165) is 18.1 Å². The summed E-state index contributed by atoms with van der Waals surface area (Å²) in [5.41, 5.74) is 3.37. The largest absolute Gasteiger partial charge is 0.335 e. The normalized spacial score (nSPS) is 10.9. The fourth-order valence-electron chi connectivity index (χ4n) is 2.97. The first kappa shape index (κ1) is 17.0. The monoisotopic (exact) mass is 359 g/mol. The van der Waals surface area contributed by atoms with E-state index >= 15 is 0 Å². The Balaban J connectivity index is 1.54. The summed E-state index contributed by atoms with van der Waals surface area (Å²) >= 11 is 0. The lowest BCUT2D eigenvalue weighted by Crippen LogP contribution is -2.23. The van der Waals surface area contributed by atoms with Crippen molar-refractivity contribution in [2.24, 2.45) is 0 Å². The average Bonchev–Trinajstić information content (AvgIpc) is 3.33. The summed E-state index contributed by atoms with van der Waals surface area (Å²) < 4.78 is 3.88. The molecule has 2 aromatic heterocycles. The highest BCUT2D eigenvalue weighted by molar-refractivity contribution is 5.41. The van der Waals surface area contributed by atoms with Gasteiger partial charge in [-0.3, -0.25) is 0 Å². The number of imidazole rings is 1. The first-order valence-electron chi connectivity index (χ1n) is 8.81. The maximum absolute atomic E-state index is 4.52. The smallest absolute Gasteiger partial charge is 0.250 e. The van der Waals surface area contributed by atoms with Gasteiger partial charge in [-0.05, 0) is 35.0 Å². The number of hydrogen-bond acceptors (Lipinski definition) is 5. The molecule has 0 atom stereocenters. The van der Waals surface area contributed by atoms with Crippen LogP contribution in [0.5, 0.6) is 0 Å². The minimum Gasteiger partial charge on any atom is -0.335 e. The zero-order valence-corrected chi connectivity index (χ0v) is 15.4.